The quantitative estimate of drug-likeness (QED) is 0.596. The number of hydrogen-bond acceptors (Lipinski definition) is 3. The number of ketones is 1. The van der Waals surface area contributed by atoms with Gasteiger partial charge in [0.1, 0.15) is 11.5 Å². The van der Waals surface area contributed by atoms with Gasteiger partial charge in [-0.25, -0.2) is 0 Å². The van der Waals surface area contributed by atoms with E-state index in [-0.39, 0.29) is 11.7 Å². The van der Waals surface area contributed by atoms with E-state index in [1.165, 1.54) is 0 Å². The van der Waals surface area contributed by atoms with Gasteiger partial charge in [0, 0.05) is 28.1 Å². The van der Waals surface area contributed by atoms with Gasteiger partial charge in [-0.1, -0.05) is 18.5 Å². The monoisotopic (exact) mass is 383 g/mol. The normalized spacial score (nSPS) is 11.0. The minimum atomic E-state index is -0.104. The Balaban J connectivity index is 2.22. The van der Waals surface area contributed by atoms with E-state index in [1.54, 1.807) is 42.9 Å². The standard InChI is InChI=1S/C22H22ClNO3/c1-4-20-18(11-5-14(2)25)19-13-17(27-3)10-12-21(19)24(20)22(26)15-6-8-16(23)9-7-15/h6-10,12-13H,4-5,11H2,1-3H3. The number of methoxy groups -OCH3 is 1. The predicted octanol–water partition coefficient (Wildman–Crippen LogP) is 5.08. The fourth-order valence-corrected chi connectivity index (χ4v) is 3.55. The largest absolute Gasteiger partial charge is 0.497 e. The number of ether oxygens (including phenoxy) is 1. The smallest absolute Gasteiger partial charge is 0.262 e. The molecule has 1 heterocycles. The Kier molecular flexibility index (Phi) is 5.66. The molecule has 5 heteroatoms. The second-order valence-corrected chi connectivity index (χ2v) is 6.95. The maximum absolute atomic E-state index is 13.3. The van der Waals surface area contributed by atoms with Crippen LogP contribution in [0.2, 0.25) is 5.02 Å². The van der Waals surface area contributed by atoms with Crippen molar-refractivity contribution in [3.05, 3.63) is 64.3 Å². The zero-order valence-electron chi connectivity index (χ0n) is 15.7. The first-order valence-corrected chi connectivity index (χ1v) is 9.34. The van der Waals surface area contributed by atoms with E-state index in [0.717, 1.165) is 27.9 Å². The molecule has 0 spiro atoms. The number of aromatic nitrogens is 1. The lowest BCUT2D eigenvalue weighted by Gasteiger charge is -2.10. The number of aryl methyl sites for hydroxylation is 1. The molecule has 0 fully saturated rings. The second kappa shape index (κ2) is 7.97. The first-order valence-electron chi connectivity index (χ1n) is 8.96. The Morgan fingerprint density at radius 3 is 2.41 bits per heavy atom. The van der Waals surface area contributed by atoms with Crippen LogP contribution in [0.3, 0.4) is 0 Å². The van der Waals surface area contributed by atoms with E-state index in [9.17, 15) is 9.59 Å². The molecule has 1 aromatic heterocycles. The summed E-state index contributed by atoms with van der Waals surface area (Å²) in [4.78, 5) is 24.8. The number of fused-ring (bicyclic) bond motifs is 1. The van der Waals surface area contributed by atoms with Crippen molar-refractivity contribution in [1.82, 2.24) is 4.57 Å². The SMILES string of the molecule is CCc1c(CCC(C)=O)c2cc(OC)ccc2n1C(=O)c1ccc(Cl)cc1. The highest BCUT2D eigenvalue weighted by molar-refractivity contribution is 6.30. The molecule has 0 radical (unpaired) electrons. The molecule has 0 saturated heterocycles. The lowest BCUT2D eigenvalue weighted by Crippen LogP contribution is -2.15. The summed E-state index contributed by atoms with van der Waals surface area (Å²) in [6.45, 7) is 3.61. The van der Waals surface area contributed by atoms with Crippen LogP contribution in [0.15, 0.2) is 42.5 Å². The Hall–Kier alpha value is -2.59. The van der Waals surface area contributed by atoms with E-state index in [4.69, 9.17) is 16.3 Å². The van der Waals surface area contributed by atoms with E-state index in [0.29, 0.717) is 29.8 Å². The van der Waals surface area contributed by atoms with Gasteiger partial charge in [-0.05, 0) is 67.8 Å². The molecule has 3 aromatic rings. The Morgan fingerprint density at radius 2 is 1.81 bits per heavy atom. The minimum Gasteiger partial charge on any atom is -0.497 e. The van der Waals surface area contributed by atoms with Crippen molar-refractivity contribution in [3.63, 3.8) is 0 Å². The summed E-state index contributed by atoms with van der Waals surface area (Å²) < 4.78 is 7.13. The molecule has 3 rings (SSSR count). The summed E-state index contributed by atoms with van der Waals surface area (Å²) in [5.74, 6) is 0.753. The van der Waals surface area contributed by atoms with Crippen LogP contribution in [0.1, 0.15) is 41.9 Å². The first-order chi connectivity index (χ1) is 13.0. The van der Waals surface area contributed by atoms with Gasteiger partial charge in [-0.3, -0.25) is 9.36 Å². The number of hydrogen-bond donors (Lipinski definition) is 0. The minimum absolute atomic E-state index is 0.104. The van der Waals surface area contributed by atoms with Crippen LogP contribution in [-0.2, 0) is 17.6 Å². The van der Waals surface area contributed by atoms with Gasteiger partial charge in [0.25, 0.3) is 5.91 Å². The highest BCUT2D eigenvalue weighted by atomic mass is 35.5. The Morgan fingerprint density at radius 1 is 1.11 bits per heavy atom. The molecule has 0 N–H and O–H groups in total. The highest BCUT2D eigenvalue weighted by Crippen LogP contribution is 2.32. The molecular formula is C22H22ClNO3. The lowest BCUT2D eigenvalue weighted by atomic mass is 10.0. The number of halogens is 1. The third-order valence-electron chi connectivity index (χ3n) is 4.74. The predicted molar refractivity (Wildman–Crippen MR) is 108 cm³/mol. The zero-order chi connectivity index (χ0) is 19.6. The molecule has 2 aromatic carbocycles. The number of Topliss-reactive ketones (excluding diaryl/α,β-unsaturated/α-hetero) is 1. The molecule has 0 unspecified atom stereocenters. The summed E-state index contributed by atoms with van der Waals surface area (Å²) in [5.41, 5.74) is 3.36. The van der Waals surface area contributed by atoms with Gasteiger partial charge >= 0.3 is 0 Å². The van der Waals surface area contributed by atoms with Crippen LogP contribution in [-0.4, -0.2) is 23.4 Å². The summed E-state index contributed by atoms with van der Waals surface area (Å²) in [6.07, 6.45) is 1.73. The molecule has 27 heavy (non-hydrogen) atoms. The van der Waals surface area contributed by atoms with Crippen LogP contribution < -0.4 is 4.74 Å². The molecule has 0 aliphatic carbocycles. The van der Waals surface area contributed by atoms with Gasteiger partial charge < -0.3 is 9.53 Å². The molecule has 0 saturated carbocycles. The van der Waals surface area contributed by atoms with Crippen molar-refractivity contribution in [2.45, 2.75) is 33.1 Å². The number of carbonyl (C=O) groups excluding carboxylic acids is 2. The molecule has 0 aliphatic rings. The fraction of sp³-hybridized carbons (Fsp3) is 0.273. The molecular weight excluding hydrogens is 362 g/mol. The average molecular weight is 384 g/mol. The topological polar surface area (TPSA) is 48.3 Å². The summed E-state index contributed by atoms with van der Waals surface area (Å²) in [5, 5.41) is 1.54. The van der Waals surface area contributed by atoms with Crippen LogP contribution in [0.5, 0.6) is 5.75 Å². The Bertz CT molecular complexity index is 1000. The summed E-state index contributed by atoms with van der Waals surface area (Å²) >= 11 is 5.96. The summed E-state index contributed by atoms with van der Waals surface area (Å²) in [7, 11) is 1.62. The van der Waals surface area contributed by atoms with E-state index >= 15 is 0 Å². The third-order valence-corrected chi connectivity index (χ3v) is 5.00. The van der Waals surface area contributed by atoms with Crippen LogP contribution in [0.4, 0.5) is 0 Å². The third kappa shape index (κ3) is 3.76. The van der Waals surface area contributed by atoms with Crippen molar-refractivity contribution >= 4 is 34.2 Å². The van der Waals surface area contributed by atoms with Crippen molar-refractivity contribution < 1.29 is 14.3 Å². The number of carbonyl (C=O) groups is 2. The Labute approximate surface area is 163 Å². The lowest BCUT2D eigenvalue weighted by molar-refractivity contribution is -0.116. The fourth-order valence-electron chi connectivity index (χ4n) is 3.42. The van der Waals surface area contributed by atoms with Crippen LogP contribution in [0, 0.1) is 0 Å². The van der Waals surface area contributed by atoms with Gasteiger partial charge in [0.15, 0.2) is 0 Å². The van der Waals surface area contributed by atoms with Gasteiger partial charge in [0.2, 0.25) is 0 Å². The number of benzene rings is 2. The van der Waals surface area contributed by atoms with Crippen LogP contribution >= 0.6 is 11.6 Å². The van der Waals surface area contributed by atoms with E-state index < -0.39 is 0 Å². The van der Waals surface area contributed by atoms with Gasteiger partial charge in [-0.15, -0.1) is 0 Å². The highest BCUT2D eigenvalue weighted by Gasteiger charge is 2.22. The summed E-state index contributed by atoms with van der Waals surface area (Å²) in [6, 6.07) is 12.6. The average Bonchev–Trinajstić information content (AvgIpc) is 2.98. The van der Waals surface area contributed by atoms with Crippen LogP contribution in [0.25, 0.3) is 10.9 Å². The van der Waals surface area contributed by atoms with Crippen molar-refractivity contribution in [2.24, 2.45) is 0 Å². The van der Waals surface area contributed by atoms with Gasteiger partial charge in [0.05, 0.1) is 12.6 Å². The molecule has 0 amide bonds. The second-order valence-electron chi connectivity index (χ2n) is 6.51. The first kappa shape index (κ1) is 19.2. The maximum atomic E-state index is 13.3. The number of rotatable bonds is 6. The molecule has 0 aliphatic heterocycles. The van der Waals surface area contributed by atoms with Gasteiger partial charge in [-0.2, -0.15) is 0 Å². The van der Waals surface area contributed by atoms with Crippen molar-refractivity contribution in [2.75, 3.05) is 7.11 Å². The van der Waals surface area contributed by atoms with E-state index in [1.807, 2.05) is 25.1 Å². The maximum Gasteiger partial charge on any atom is 0.262 e. The zero-order valence-corrected chi connectivity index (χ0v) is 16.5. The molecule has 4 nitrogen and oxygen atoms in total. The number of nitrogens with zero attached hydrogens (tertiary/aromatic N) is 1. The van der Waals surface area contributed by atoms with Crippen molar-refractivity contribution in [1.29, 1.82) is 0 Å². The molecule has 140 valence electrons. The van der Waals surface area contributed by atoms with Crippen molar-refractivity contribution in [3.8, 4) is 5.75 Å². The van der Waals surface area contributed by atoms with E-state index in [2.05, 4.69) is 0 Å². The molecule has 0 bridgehead atoms. The molecule has 0 atom stereocenters.